The minimum absolute atomic E-state index is 0.274. The van der Waals surface area contributed by atoms with Gasteiger partial charge in [-0.3, -0.25) is 0 Å². The average Bonchev–Trinajstić information content (AvgIpc) is 2.09. The molecule has 1 saturated heterocycles. The smallest absolute Gasteiger partial charge is 0.0738 e. The molecule has 72 valence electrons. The first-order valence-electron chi connectivity index (χ1n) is 5.10. The molecule has 1 fully saturated rings. The van der Waals surface area contributed by atoms with Crippen LogP contribution in [0.3, 0.4) is 0 Å². The number of unbranched alkanes of at least 4 members (excludes halogenated alkanes) is 2. The summed E-state index contributed by atoms with van der Waals surface area (Å²) in [7, 11) is 0. The second kappa shape index (κ2) is 5.82. The highest BCUT2D eigenvalue weighted by molar-refractivity contribution is 6.21. The maximum Gasteiger partial charge on any atom is 0.0738 e. The second-order valence-electron chi connectivity index (χ2n) is 3.56. The van der Waals surface area contributed by atoms with Crippen molar-refractivity contribution in [1.82, 2.24) is 0 Å². The summed E-state index contributed by atoms with van der Waals surface area (Å²) >= 11 is 6.14. The van der Waals surface area contributed by atoms with Gasteiger partial charge in [0.05, 0.1) is 11.5 Å². The average molecular weight is 191 g/mol. The lowest BCUT2D eigenvalue weighted by Gasteiger charge is -2.27. The van der Waals surface area contributed by atoms with Crippen molar-refractivity contribution in [2.24, 2.45) is 0 Å². The molecular weight excluding hydrogens is 172 g/mol. The number of alkyl halides is 1. The summed E-state index contributed by atoms with van der Waals surface area (Å²) < 4.78 is 5.60. The highest BCUT2D eigenvalue weighted by Crippen LogP contribution is 2.23. The molecule has 2 atom stereocenters. The van der Waals surface area contributed by atoms with Crippen LogP contribution >= 0.6 is 11.6 Å². The van der Waals surface area contributed by atoms with Crippen molar-refractivity contribution < 1.29 is 4.74 Å². The molecule has 2 heteroatoms. The van der Waals surface area contributed by atoms with Gasteiger partial charge in [0.25, 0.3) is 0 Å². The summed E-state index contributed by atoms with van der Waals surface area (Å²) in [5.41, 5.74) is 0. The molecular formula is C10H19ClO. The van der Waals surface area contributed by atoms with E-state index in [0.717, 1.165) is 25.9 Å². The van der Waals surface area contributed by atoms with E-state index in [1.54, 1.807) is 0 Å². The van der Waals surface area contributed by atoms with Gasteiger partial charge in [-0.05, 0) is 19.3 Å². The first-order chi connectivity index (χ1) is 5.84. The van der Waals surface area contributed by atoms with Crippen LogP contribution in [0, 0.1) is 0 Å². The highest BCUT2D eigenvalue weighted by atomic mass is 35.5. The second-order valence-corrected chi connectivity index (χ2v) is 4.12. The van der Waals surface area contributed by atoms with E-state index >= 15 is 0 Å². The number of rotatable bonds is 4. The lowest BCUT2D eigenvalue weighted by atomic mass is 10.0. The van der Waals surface area contributed by atoms with Crippen LogP contribution in [-0.2, 0) is 4.74 Å². The SMILES string of the molecule is CCCCC[C@@H]1OCCC[C@@H]1Cl. The van der Waals surface area contributed by atoms with E-state index in [-0.39, 0.29) is 5.38 Å². The molecule has 1 nitrogen and oxygen atoms in total. The largest absolute Gasteiger partial charge is 0.377 e. The summed E-state index contributed by atoms with van der Waals surface area (Å²) in [5, 5.41) is 0.274. The van der Waals surface area contributed by atoms with Gasteiger partial charge in [0.15, 0.2) is 0 Å². The van der Waals surface area contributed by atoms with Crippen LogP contribution in [-0.4, -0.2) is 18.1 Å². The van der Waals surface area contributed by atoms with Crippen molar-refractivity contribution in [3.63, 3.8) is 0 Å². The van der Waals surface area contributed by atoms with Crippen molar-refractivity contribution in [3.05, 3.63) is 0 Å². The Morgan fingerprint density at radius 2 is 2.25 bits per heavy atom. The Balaban J connectivity index is 2.11. The highest BCUT2D eigenvalue weighted by Gasteiger charge is 2.22. The van der Waals surface area contributed by atoms with Crippen LogP contribution in [0.2, 0.25) is 0 Å². The topological polar surface area (TPSA) is 9.23 Å². The Morgan fingerprint density at radius 1 is 1.42 bits per heavy atom. The van der Waals surface area contributed by atoms with E-state index in [0.29, 0.717) is 6.10 Å². The summed E-state index contributed by atoms with van der Waals surface area (Å²) in [6, 6.07) is 0. The number of hydrogen-bond acceptors (Lipinski definition) is 1. The van der Waals surface area contributed by atoms with Gasteiger partial charge in [0, 0.05) is 6.61 Å². The molecule has 0 amide bonds. The zero-order chi connectivity index (χ0) is 8.81. The molecule has 0 radical (unpaired) electrons. The van der Waals surface area contributed by atoms with E-state index < -0.39 is 0 Å². The molecule has 1 aliphatic rings. The summed E-state index contributed by atoms with van der Waals surface area (Å²) in [4.78, 5) is 0. The van der Waals surface area contributed by atoms with Gasteiger partial charge in [-0.25, -0.2) is 0 Å². The van der Waals surface area contributed by atoms with Crippen molar-refractivity contribution in [2.45, 2.75) is 56.9 Å². The summed E-state index contributed by atoms with van der Waals surface area (Å²) in [5.74, 6) is 0. The van der Waals surface area contributed by atoms with Crippen LogP contribution in [0.5, 0.6) is 0 Å². The van der Waals surface area contributed by atoms with Crippen molar-refractivity contribution in [2.75, 3.05) is 6.61 Å². The van der Waals surface area contributed by atoms with E-state index in [1.807, 2.05) is 0 Å². The molecule has 0 aliphatic carbocycles. The monoisotopic (exact) mass is 190 g/mol. The predicted molar refractivity (Wildman–Crippen MR) is 52.8 cm³/mol. The van der Waals surface area contributed by atoms with Crippen LogP contribution < -0.4 is 0 Å². The molecule has 0 aromatic heterocycles. The summed E-state index contributed by atoms with van der Waals surface area (Å²) in [6.07, 6.45) is 7.62. The van der Waals surface area contributed by atoms with Gasteiger partial charge in [-0.1, -0.05) is 26.2 Å². The van der Waals surface area contributed by atoms with Crippen LogP contribution in [0.15, 0.2) is 0 Å². The fourth-order valence-electron chi connectivity index (χ4n) is 1.66. The molecule has 0 unspecified atom stereocenters. The Hall–Kier alpha value is 0.250. The number of ether oxygens (including phenoxy) is 1. The fourth-order valence-corrected chi connectivity index (χ4v) is 2.02. The van der Waals surface area contributed by atoms with E-state index in [4.69, 9.17) is 16.3 Å². The van der Waals surface area contributed by atoms with Crippen molar-refractivity contribution in [1.29, 1.82) is 0 Å². The molecule has 1 heterocycles. The van der Waals surface area contributed by atoms with Crippen LogP contribution in [0.4, 0.5) is 0 Å². The van der Waals surface area contributed by atoms with Crippen LogP contribution in [0.1, 0.15) is 45.4 Å². The van der Waals surface area contributed by atoms with Crippen LogP contribution in [0.25, 0.3) is 0 Å². The van der Waals surface area contributed by atoms with Gasteiger partial charge < -0.3 is 4.74 Å². The van der Waals surface area contributed by atoms with Gasteiger partial charge in [-0.15, -0.1) is 11.6 Å². The van der Waals surface area contributed by atoms with E-state index in [2.05, 4.69) is 6.92 Å². The molecule has 0 saturated carbocycles. The maximum absolute atomic E-state index is 6.14. The minimum atomic E-state index is 0.274. The van der Waals surface area contributed by atoms with Gasteiger partial charge in [-0.2, -0.15) is 0 Å². The summed E-state index contributed by atoms with van der Waals surface area (Å²) in [6.45, 7) is 3.14. The molecule has 0 aromatic carbocycles. The Morgan fingerprint density at radius 3 is 2.92 bits per heavy atom. The van der Waals surface area contributed by atoms with E-state index in [1.165, 1.54) is 19.3 Å². The third-order valence-corrected chi connectivity index (χ3v) is 2.95. The lowest BCUT2D eigenvalue weighted by Crippen LogP contribution is -2.30. The van der Waals surface area contributed by atoms with Crippen molar-refractivity contribution >= 4 is 11.6 Å². The van der Waals surface area contributed by atoms with Gasteiger partial charge in [0.1, 0.15) is 0 Å². The first-order valence-corrected chi connectivity index (χ1v) is 5.54. The normalized spacial score (nSPS) is 30.5. The molecule has 12 heavy (non-hydrogen) atoms. The Kier molecular flexibility index (Phi) is 5.01. The third kappa shape index (κ3) is 3.32. The number of halogens is 1. The molecule has 0 aromatic rings. The van der Waals surface area contributed by atoms with Gasteiger partial charge >= 0.3 is 0 Å². The Bertz CT molecular complexity index is 116. The van der Waals surface area contributed by atoms with Gasteiger partial charge in [0.2, 0.25) is 0 Å². The molecule has 1 aliphatic heterocycles. The molecule has 0 bridgehead atoms. The van der Waals surface area contributed by atoms with Crippen molar-refractivity contribution in [3.8, 4) is 0 Å². The zero-order valence-corrected chi connectivity index (χ0v) is 8.65. The lowest BCUT2D eigenvalue weighted by molar-refractivity contribution is 0.0131. The standard InChI is InChI=1S/C10H19ClO/c1-2-3-4-7-10-9(11)6-5-8-12-10/h9-10H,2-8H2,1H3/t9-,10-/m0/s1. The maximum atomic E-state index is 6.14. The third-order valence-electron chi connectivity index (χ3n) is 2.45. The quantitative estimate of drug-likeness (QED) is 0.488. The fraction of sp³-hybridized carbons (Fsp3) is 1.00. The Labute approximate surface area is 80.4 Å². The minimum Gasteiger partial charge on any atom is -0.377 e. The van der Waals surface area contributed by atoms with E-state index in [9.17, 15) is 0 Å². The molecule has 1 rings (SSSR count). The number of hydrogen-bond donors (Lipinski definition) is 0. The first kappa shape index (κ1) is 10.3. The molecule has 0 spiro atoms. The molecule has 0 N–H and O–H groups in total. The zero-order valence-electron chi connectivity index (χ0n) is 7.89. The predicted octanol–water partition coefficient (Wildman–Crippen LogP) is 3.35.